The smallest absolute Gasteiger partial charge is 0.199 e. The van der Waals surface area contributed by atoms with E-state index in [0.717, 1.165) is 12.4 Å². The summed E-state index contributed by atoms with van der Waals surface area (Å²) in [6.07, 6.45) is 7.14. The van der Waals surface area contributed by atoms with Crippen molar-refractivity contribution in [3.63, 3.8) is 0 Å². The van der Waals surface area contributed by atoms with Gasteiger partial charge >= 0.3 is 0 Å². The quantitative estimate of drug-likeness (QED) is 0.763. The van der Waals surface area contributed by atoms with Gasteiger partial charge in [0.25, 0.3) is 0 Å². The average molecular weight is 253 g/mol. The van der Waals surface area contributed by atoms with E-state index in [2.05, 4.69) is 25.4 Å². The molecule has 2 aromatic heterocycles. The Morgan fingerprint density at radius 2 is 2.29 bits per heavy atom. The molecule has 2 aromatic rings. The number of fused-ring (bicyclic) bond motifs is 1. The lowest BCUT2D eigenvalue weighted by atomic mass is 9.91. The van der Waals surface area contributed by atoms with Gasteiger partial charge in [0, 0.05) is 18.5 Å². The molecule has 3 rings (SSSR count). The number of aromatic nitrogens is 5. The molecule has 1 aliphatic carbocycles. The minimum Gasteiger partial charge on any atom is -0.351 e. The van der Waals surface area contributed by atoms with Crippen LogP contribution in [0.4, 0.5) is 5.82 Å². The second-order valence-electron chi connectivity index (χ2n) is 4.18. The molecule has 0 radical (unpaired) electrons. The molecule has 0 saturated heterocycles. The van der Waals surface area contributed by atoms with E-state index in [4.69, 9.17) is 11.6 Å². The van der Waals surface area contributed by atoms with Gasteiger partial charge in [0.1, 0.15) is 0 Å². The topological polar surface area (TPSA) is 59.2 Å². The Morgan fingerprint density at radius 3 is 3.00 bits per heavy atom. The van der Waals surface area contributed by atoms with Crippen molar-refractivity contribution in [2.75, 3.05) is 17.3 Å². The van der Waals surface area contributed by atoms with Crippen molar-refractivity contribution in [2.24, 2.45) is 0 Å². The third-order valence-corrected chi connectivity index (χ3v) is 3.39. The van der Waals surface area contributed by atoms with E-state index in [1.54, 1.807) is 16.9 Å². The third-order valence-electron chi connectivity index (χ3n) is 3.23. The molecule has 0 aliphatic heterocycles. The van der Waals surface area contributed by atoms with Crippen LogP contribution < -0.4 is 4.90 Å². The summed E-state index contributed by atoms with van der Waals surface area (Å²) in [4.78, 5) is 6.44. The predicted molar refractivity (Wildman–Crippen MR) is 64.3 cm³/mol. The summed E-state index contributed by atoms with van der Waals surface area (Å²) < 4.78 is 1.72. The minimum absolute atomic E-state index is 0.547. The zero-order valence-corrected chi connectivity index (χ0v) is 10.1. The molecule has 1 fully saturated rings. The van der Waals surface area contributed by atoms with Crippen LogP contribution in [0.1, 0.15) is 19.3 Å². The molecule has 7 heteroatoms. The first kappa shape index (κ1) is 10.7. The standard InChI is InChI=1S/C10H13ClN6/c11-4-5-16(8-2-1-3-8)10-7-12-6-9-13-14-15-17(9)10/h6-8H,1-5H2. The van der Waals surface area contributed by atoms with Crippen molar-refractivity contribution in [3.8, 4) is 0 Å². The van der Waals surface area contributed by atoms with E-state index >= 15 is 0 Å². The molecule has 0 aromatic carbocycles. The molecule has 1 aliphatic rings. The van der Waals surface area contributed by atoms with Gasteiger partial charge in [0.2, 0.25) is 0 Å². The number of halogens is 1. The fourth-order valence-corrected chi connectivity index (χ4v) is 2.31. The fourth-order valence-electron chi connectivity index (χ4n) is 2.13. The minimum atomic E-state index is 0.547. The summed E-state index contributed by atoms with van der Waals surface area (Å²) >= 11 is 5.87. The molecule has 0 unspecified atom stereocenters. The fraction of sp³-hybridized carbons (Fsp3) is 0.600. The maximum Gasteiger partial charge on any atom is 0.199 e. The first-order valence-electron chi connectivity index (χ1n) is 5.75. The molecule has 90 valence electrons. The van der Waals surface area contributed by atoms with Gasteiger partial charge in [0.05, 0.1) is 12.4 Å². The van der Waals surface area contributed by atoms with Crippen LogP contribution in [0.3, 0.4) is 0 Å². The first-order valence-corrected chi connectivity index (χ1v) is 6.28. The second-order valence-corrected chi connectivity index (χ2v) is 4.56. The number of nitrogens with zero attached hydrogens (tertiary/aromatic N) is 6. The van der Waals surface area contributed by atoms with Crippen LogP contribution in [0, 0.1) is 0 Å². The van der Waals surface area contributed by atoms with E-state index in [1.807, 2.05) is 0 Å². The Morgan fingerprint density at radius 1 is 1.41 bits per heavy atom. The highest BCUT2D eigenvalue weighted by molar-refractivity contribution is 6.18. The largest absolute Gasteiger partial charge is 0.351 e. The van der Waals surface area contributed by atoms with Crippen molar-refractivity contribution in [1.29, 1.82) is 0 Å². The molecule has 2 heterocycles. The van der Waals surface area contributed by atoms with Crippen LogP contribution in [0.25, 0.3) is 5.65 Å². The summed E-state index contributed by atoms with van der Waals surface area (Å²) in [6.45, 7) is 0.798. The van der Waals surface area contributed by atoms with Gasteiger partial charge in [0.15, 0.2) is 11.5 Å². The Hall–Kier alpha value is -1.43. The molecule has 0 atom stereocenters. The molecule has 0 amide bonds. The molecule has 0 bridgehead atoms. The highest BCUT2D eigenvalue weighted by Crippen LogP contribution is 2.28. The van der Waals surface area contributed by atoms with Gasteiger partial charge < -0.3 is 4.90 Å². The van der Waals surface area contributed by atoms with Crippen LogP contribution in [0.2, 0.25) is 0 Å². The lowest BCUT2D eigenvalue weighted by molar-refractivity contribution is 0.386. The average Bonchev–Trinajstić information content (AvgIpc) is 2.73. The molecular weight excluding hydrogens is 240 g/mol. The van der Waals surface area contributed by atoms with Gasteiger partial charge in [-0.1, -0.05) is 0 Å². The second kappa shape index (κ2) is 4.44. The van der Waals surface area contributed by atoms with Crippen LogP contribution in [-0.2, 0) is 0 Å². The Labute approximate surface area is 104 Å². The number of hydrogen-bond donors (Lipinski definition) is 0. The van der Waals surface area contributed by atoms with E-state index in [9.17, 15) is 0 Å². The van der Waals surface area contributed by atoms with Crippen LogP contribution >= 0.6 is 11.6 Å². The Kier molecular flexibility index (Phi) is 2.80. The lowest BCUT2D eigenvalue weighted by Gasteiger charge is -2.38. The maximum absolute atomic E-state index is 5.87. The molecular formula is C10H13ClN6. The maximum atomic E-state index is 5.87. The highest BCUT2D eigenvalue weighted by atomic mass is 35.5. The van der Waals surface area contributed by atoms with Crippen molar-refractivity contribution in [1.82, 2.24) is 25.0 Å². The predicted octanol–water partition coefficient (Wildman–Crippen LogP) is 1.12. The summed E-state index contributed by atoms with van der Waals surface area (Å²) in [6, 6.07) is 0.547. The number of tetrazole rings is 1. The summed E-state index contributed by atoms with van der Waals surface area (Å²) in [5.41, 5.74) is 0.668. The third kappa shape index (κ3) is 1.82. The Bertz CT molecular complexity index is 508. The number of anilines is 1. The van der Waals surface area contributed by atoms with Crippen molar-refractivity contribution < 1.29 is 0 Å². The van der Waals surface area contributed by atoms with E-state index < -0.39 is 0 Å². The van der Waals surface area contributed by atoms with Gasteiger partial charge in [-0.3, -0.25) is 4.98 Å². The summed E-state index contributed by atoms with van der Waals surface area (Å²) in [5, 5.41) is 11.6. The number of alkyl halides is 1. The lowest BCUT2D eigenvalue weighted by Crippen LogP contribution is -2.42. The van der Waals surface area contributed by atoms with Gasteiger partial charge in [-0.15, -0.1) is 16.7 Å². The van der Waals surface area contributed by atoms with E-state index in [1.165, 1.54) is 19.3 Å². The van der Waals surface area contributed by atoms with Crippen LogP contribution in [0.5, 0.6) is 0 Å². The van der Waals surface area contributed by atoms with E-state index in [0.29, 0.717) is 17.6 Å². The number of hydrogen-bond acceptors (Lipinski definition) is 5. The van der Waals surface area contributed by atoms with Crippen molar-refractivity contribution in [2.45, 2.75) is 25.3 Å². The zero-order chi connectivity index (χ0) is 11.7. The molecule has 17 heavy (non-hydrogen) atoms. The van der Waals surface area contributed by atoms with Crippen molar-refractivity contribution in [3.05, 3.63) is 12.4 Å². The normalized spacial score (nSPS) is 16.1. The monoisotopic (exact) mass is 252 g/mol. The van der Waals surface area contributed by atoms with Gasteiger partial charge in [-0.2, -0.15) is 4.52 Å². The zero-order valence-electron chi connectivity index (χ0n) is 9.33. The molecule has 0 N–H and O–H groups in total. The highest BCUT2D eigenvalue weighted by Gasteiger charge is 2.26. The van der Waals surface area contributed by atoms with Crippen molar-refractivity contribution >= 4 is 23.1 Å². The Balaban J connectivity index is 2.01. The van der Waals surface area contributed by atoms with Gasteiger partial charge in [-0.05, 0) is 29.7 Å². The van der Waals surface area contributed by atoms with Crippen LogP contribution in [0.15, 0.2) is 12.4 Å². The van der Waals surface area contributed by atoms with Gasteiger partial charge in [-0.25, -0.2) is 0 Å². The molecule has 0 spiro atoms. The van der Waals surface area contributed by atoms with E-state index in [-0.39, 0.29) is 0 Å². The van der Waals surface area contributed by atoms with Crippen LogP contribution in [-0.4, -0.2) is 43.5 Å². The molecule has 1 saturated carbocycles. The molecule has 6 nitrogen and oxygen atoms in total. The summed E-state index contributed by atoms with van der Waals surface area (Å²) in [7, 11) is 0. The SMILES string of the molecule is ClCCN(c1cncc2nnnn12)C1CCC1. The summed E-state index contributed by atoms with van der Waals surface area (Å²) in [5.74, 6) is 1.52. The number of rotatable bonds is 4. The first-order chi connectivity index (χ1) is 8.40.